The topological polar surface area (TPSA) is 35.5 Å². The van der Waals surface area contributed by atoms with Gasteiger partial charge in [-0.1, -0.05) is 26.7 Å². The van der Waals surface area contributed by atoms with E-state index in [1.807, 2.05) is 13.8 Å². The summed E-state index contributed by atoms with van der Waals surface area (Å²) in [5.41, 5.74) is 0. The Morgan fingerprint density at radius 3 is 2.64 bits per heavy atom. The third kappa shape index (κ3) is 5.18. The summed E-state index contributed by atoms with van der Waals surface area (Å²) in [5, 5.41) is 0.696. The van der Waals surface area contributed by atoms with Crippen LogP contribution in [0.2, 0.25) is 0 Å². The number of esters is 1. The summed E-state index contributed by atoms with van der Waals surface area (Å²) in [7, 11) is 0. The summed E-state index contributed by atoms with van der Waals surface area (Å²) in [6.45, 7) is 8.53. The van der Waals surface area contributed by atoms with E-state index in [1.165, 1.54) is 12.8 Å². The van der Waals surface area contributed by atoms with Gasteiger partial charge in [0.15, 0.2) is 11.6 Å². The first-order valence-electron chi connectivity index (χ1n) is 9.02. The summed E-state index contributed by atoms with van der Waals surface area (Å²) < 4.78 is 25.6. The number of carbonyl (C=O) groups excluding carboxylic acids is 1. The van der Waals surface area contributed by atoms with Gasteiger partial charge in [-0.3, -0.25) is 0 Å². The molecule has 0 radical (unpaired) electrons. The lowest BCUT2D eigenvalue weighted by molar-refractivity contribution is 0.0317. The van der Waals surface area contributed by atoms with Gasteiger partial charge >= 0.3 is 5.97 Å². The number of carbonyl (C=O) groups is 1. The average molecular weight is 366 g/mol. The first-order chi connectivity index (χ1) is 12.0. The zero-order valence-corrected chi connectivity index (χ0v) is 16.2. The van der Waals surface area contributed by atoms with Gasteiger partial charge in [-0.15, -0.1) is 11.3 Å². The number of rotatable bonds is 9. The largest absolute Gasteiger partial charge is 0.491 e. The number of hydrogen-bond acceptors (Lipinski definition) is 4. The van der Waals surface area contributed by atoms with E-state index in [-0.39, 0.29) is 17.8 Å². The van der Waals surface area contributed by atoms with Gasteiger partial charge in [-0.25, -0.2) is 9.18 Å². The predicted molar refractivity (Wildman–Crippen MR) is 101 cm³/mol. The van der Waals surface area contributed by atoms with Gasteiger partial charge in [0.2, 0.25) is 0 Å². The summed E-state index contributed by atoms with van der Waals surface area (Å²) in [5.74, 6) is 0.0654. The highest BCUT2D eigenvalue weighted by Crippen LogP contribution is 2.33. The molecule has 0 fully saturated rings. The maximum atomic E-state index is 14.4. The van der Waals surface area contributed by atoms with Crippen molar-refractivity contribution in [3.05, 3.63) is 28.9 Å². The Balaban J connectivity index is 2.03. The minimum atomic E-state index is -0.412. The quantitative estimate of drug-likeness (QED) is 0.496. The predicted octanol–water partition coefficient (Wildman–Crippen LogP) is 6.20. The van der Waals surface area contributed by atoms with Crippen molar-refractivity contribution in [2.75, 3.05) is 6.61 Å². The van der Waals surface area contributed by atoms with Crippen LogP contribution < -0.4 is 4.74 Å². The molecule has 2 atom stereocenters. The third-order valence-corrected chi connectivity index (χ3v) is 5.37. The Bertz CT molecular complexity index is 710. The van der Waals surface area contributed by atoms with Crippen LogP contribution in [-0.2, 0) is 4.74 Å². The van der Waals surface area contributed by atoms with E-state index < -0.39 is 5.82 Å². The van der Waals surface area contributed by atoms with Gasteiger partial charge in [-0.05, 0) is 56.2 Å². The van der Waals surface area contributed by atoms with Crippen LogP contribution in [0.4, 0.5) is 4.39 Å². The van der Waals surface area contributed by atoms with Crippen LogP contribution in [-0.4, -0.2) is 18.7 Å². The molecule has 2 rings (SSSR count). The molecule has 1 aromatic carbocycles. The normalized spacial score (nSPS) is 13.6. The monoisotopic (exact) mass is 366 g/mol. The van der Waals surface area contributed by atoms with Crippen molar-refractivity contribution in [2.45, 2.75) is 59.5 Å². The Morgan fingerprint density at radius 2 is 1.96 bits per heavy atom. The van der Waals surface area contributed by atoms with E-state index in [4.69, 9.17) is 9.47 Å². The zero-order chi connectivity index (χ0) is 18.4. The molecule has 3 nitrogen and oxygen atoms in total. The number of benzene rings is 1. The van der Waals surface area contributed by atoms with Crippen molar-refractivity contribution < 1.29 is 18.7 Å². The van der Waals surface area contributed by atoms with E-state index in [1.54, 1.807) is 18.2 Å². The SMILES string of the molecule is CCCC(C)CCC(C)OC(=O)c1cc2ccc(OCC)c(F)c2s1. The van der Waals surface area contributed by atoms with Crippen molar-refractivity contribution >= 4 is 27.4 Å². The van der Waals surface area contributed by atoms with E-state index >= 15 is 0 Å². The highest BCUT2D eigenvalue weighted by molar-refractivity contribution is 7.20. The molecule has 0 aliphatic carbocycles. The van der Waals surface area contributed by atoms with E-state index in [0.717, 1.165) is 24.2 Å². The molecular formula is C20H27FO3S. The lowest BCUT2D eigenvalue weighted by atomic mass is 9.99. The maximum absolute atomic E-state index is 14.4. The maximum Gasteiger partial charge on any atom is 0.348 e. The molecule has 0 aliphatic heterocycles. The zero-order valence-electron chi connectivity index (χ0n) is 15.4. The van der Waals surface area contributed by atoms with Gasteiger partial charge in [0.05, 0.1) is 17.4 Å². The van der Waals surface area contributed by atoms with Crippen LogP contribution in [0.3, 0.4) is 0 Å². The van der Waals surface area contributed by atoms with Crippen molar-refractivity contribution in [1.29, 1.82) is 0 Å². The van der Waals surface area contributed by atoms with Gasteiger partial charge in [0.25, 0.3) is 0 Å². The fourth-order valence-electron chi connectivity index (χ4n) is 2.87. The second-order valence-corrected chi connectivity index (χ2v) is 7.58. The Hall–Kier alpha value is -1.62. The molecule has 1 heterocycles. The van der Waals surface area contributed by atoms with E-state index in [0.29, 0.717) is 27.5 Å². The van der Waals surface area contributed by atoms with Gasteiger partial charge in [0.1, 0.15) is 4.88 Å². The molecule has 0 N–H and O–H groups in total. The molecule has 2 aromatic rings. The standard InChI is InChI=1S/C20H27FO3S/c1-5-7-13(3)8-9-14(4)24-20(22)17-12-15-10-11-16(23-6-2)18(21)19(15)25-17/h10-14H,5-9H2,1-4H3. The minimum Gasteiger partial charge on any atom is -0.491 e. The van der Waals surface area contributed by atoms with Crippen LogP contribution in [0.25, 0.3) is 10.1 Å². The van der Waals surface area contributed by atoms with Crippen molar-refractivity contribution in [1.82, 2.24) is 0 Å². The number of ether oxygens (including phenoxy) is 2. The van der Waals surface area contributed by atoms with Crippen LogP contribution in [0.1, 0.15) is 63.0 Å². The van der Waals surface area contributed by atoms with Gasteiger partial charge < -0.3 is 9.47 Å². The van der Waals surface area contributed by atoms with Crippen molar-refractivity contribution in [3.8, 4) is 5.75 Å². The van der Waals surface area contributed by atoms with Gasteiger partial charge in [0, 0.05) is 0 Å². The van der Waals surface area contributed by atoms with E-state index in [2.05, 4.69) is 13.8 Å². The number of fused-ring (bicyclic) bond motifs is 1. The van der Waals surface area contributed by atoms with Crippen LogP contribution in [0, 0.1) is 11.7 Å². The number of hydrogen-bond donors (Lipinski definition) is 0. The molecule has 25 heavy (non-hydrogen) atoms. The first-order valence-corrected chi connectivity index (χ1v) is 9.83. The molecule has 0 saturated carbocycles. The fourth-order valence-corrected chi connectivity index (χ4v) is 3.85. The lowest BCUT2D eigenvalue weighted by Crippen LogP contribution is -2.15. The molecule has 138 valence electrons. The summed E-state index contributed by atoms with van der Waals surface area (Å²) in [4.78, 5) is 12.8. The van der Waals surface area contributed by atoms with E-state index in [9.17, 15) is 9.18 Å². The summed E-state index contributed by atoms with van der Waals surface area (Å²) >= 11 is 1.12. The highest BCUT2D eigenvalue weighted by atomic mass is 32.1. The molecular weight excluding hydrogens is 339 g/mol. The number of thiophene rings is 1. The molecule has 0 spiro atoms. The second-order valence-electron chi connectivity index (χ2n) is 6.53. The summed E-state index contributed by atoms with van der Waals surface area (Å²) in [6, 6.07) is 5.06. The molecule has 0 amide bonds. The lowest BCUT2D eigenvalue weighted by Gasteiger charge is -2.15. The number of halogens is 1. The van der Waals surface area contributed by atoms with Crippen molar-refractivity contribution in [2.24, 2.45) is 5.92 Å². The fraction of sp³-hybridized carbons (Fsp3) is 0.550. The van der Waals surface area contributed by atoms with Gasteiger partial charge in [-0.2, -0.15) is 0 Å². The highest BCUT2D eigenvalue weighted by Gasteiger charge is 2.18. The van der Waals surface area contributed by atoms with Crippen LogP contribution in [0.5, 0.6) is 5.75 Å². The van der Waals surface area contributed by atoms with Crippen molar-refractivity contribution in [3.63, 3.8) is 0 Å². The second kappa shape index (κ2) is 9.18. The smallest absolute Gasteiger partial charge is 0.348 e. The average Bonchev–Trinajstić information content (AvgIpc) is 3.01. The van der Waals surface area contributed by atoms with Crippen LogP contribution in [0.15, 0.2) is 18.2 Å². The Morgan fingerprint density at radius 1 is 1.20 bits per heavy atom. The van der Waals surface area contributed by atoms with Crippen LogP contribution >= 0.6 is 11.3 Å². The molecule has 0 bridgehead atoms. The molecule has 0 aliphatic rings. The first kappa shape index (κ1) is 19.7. The Kier molecular flexibility index (Phi) is 7.24. The molecule has 1 aromatic heterocycles. The molecule has 2 unspecified atom stereocenters. The molecule has 5 heteroatoms. The Labute approximate surface area is 153 Å². The molecule has 0 saturated heterocycles. The minimum absolute atomic E-state index is 0.138. The summed E-state index contributed by atoms with van der Waals surface area (Å²) in [6.07, 6.45) is 4.12. The third-order valence-electron chi connectivity index (χ3n) is 4.25.